The summed E-state index contributed by atoms with van der Waals surface area (Å²) in [6, 6.07) is 91.2. The average molecular weight is 820 g/mol. The molecule has 2 heteroatoms. The van der Waals surface area contributed by atoms with E-state index in [1.54, 1.807) is 0 Å². The van der Waals surface area contributed by atoms with E-state index in [9.17, 15) is 0 Å². The van der Waals surface area contributed by atoms with Crippen molar-refractivity contribution in [3.63, 3.8) is 0 Å². The van der Waals surface area contributed by atoms with Crippen molar-refractivity contribution in [2.75, 3.05) is 4.90 Å². The summed E-state index contributed by atoms with van der Waals surface area (Å²) in [7, 11) is 0. The average Bonchev–Trinajstić information content (AvgIpc) is 3.89. The van der Waals surface area contributed by atoms with Crippen LogP contribution in [0.2, 0.25) is 0 Å². The van der Waals surface area contributed by atoms with Crippen molar-refractivity contribution < 1.29 is 0 Å². The van der Waals surface area contributed by atoms with Crippen LogP contribution in [-0.4, -0.2) is 0 Å². The third kappa shape index (κ3) is 6.14. The Labute approximate surface area is 372 Å². The van der Waals surface area contributed by atoms with Crippen LogP contribution >= 0.6 is 11.3 Å². The summed E-state index contributed by atoms with van der Waals surface area (Å²) in [6.45, 7) is 0. The molecule has 1 aliphatic rings. The topological polar surface area (TPSA) is 3.24 Å². The number of nitrogens with zero attached hydrogens (tertiary/aromatic N) is 1. The second-order valence-electron chi connectivity index (χ2n) is 16.4. The lowest BCUT2D eigenvalue weighted by molar-refractivity contribution is 0.777. The number of fused-ring (bicyclic) bond motifs is 6. The van der Waals surface area contributed by atoms with Gasteiger partial charge in [0.2, 0.25) is 0 Å². The molecule has 1 nitrogen and oxygen atoms in total. The largest absolute Gasteiger partial charge is 0.310 e. The molecule has 0 aliphatic heterocycles. The number of rotatable bonds is 8. The molecule has 0 amide bonds. The van der Waals surface area contributed by atoms with E-state index in [1.165, 1.54) is 86.9 Å². The highest BCUT2D eigenvalue weighted by atomic mass is 32.1. The minimum absolute atomic E-state index is 0.449. The lowest BCUT2D eigenvalue weighted by Gasteiger charge is -2.34. The van der Waals surface area contributed by atoms with Gasteiger partial charge in [0, 0.05) is 32.2 Å². The van der Waals surface area contributed by atoms with Crippen LogP contribution in [0.5, 0.6) is 0 Å². The summed E-state index contributed by atoms with van der Waals surface area (Å²) >= 11 is 1.93. The smallest absolute Gasteiger partial charge is 0.0728 e. The Bertz CT molecular complexity index is 3370. The summed E-state index contributed by atoms with van der Waals surface area (Å²) < 4.78 is 1.32. The summed E-state index contributed by atoms with van der Waals surface area (Å²) in [6.07, 6.45) is 0. The van der Waals surface area contributed by atoms with Gasteiger partial charge in [-0.3, -0.25) is 0 Å². The summed E-state index contributed by atoms with van der Waals surface area (Å²) in [5.41, 5.74) is 16.8. The molecule has 1 aliphatic carbocycles. The van der Waals surface area contributed by atoms with Crippen LogP contribution in [0.4, 0.5) is 17.1 Å². The van der Waals surface area contributed by atoms with E-state index in [1.807, 2.05) is 11.3 Å². The van der Waals surface area contributed by atoms with Gasteiger partial charge >= 0.3 is 0 Å². The first kappa shape index (κ1) is 37.0. The van der Waals surface area contributed by atoms with E-state index in [0.29, 0.717) is 0 Å². The first-order chi connectivity index (χ1) is 31.2. The van der Waals surface area contributed by atoms with Gasteiger partial charge in [-0.2, -0.15) is 0 Å². The zero-order valence-corrected chi connectivity index (χ0v) is 35.3. The molecule has 0 fully saturated rings. The molecule has 0 radical (unpaired) electrons. The molecule has 1 heterocycles. The Kier molecular flexibility index (Phi) is 8.98. The van der Waals surface area contributed by atoms with E-state index in [2.05, 4.69) is 254 Å². The third-order valence-electron chi connectivity index (χ3n) is 13.0. The van der Waals surface area contributed by atoms with Gasteiger partial charge in [-0.05, 0) is 114 Å². The Morgan fingerprint density at radius 1 is 0.349 bits per heavy atom. The number of anilines is 3. The molecule has 63 heavy (non-hydrogen) atoms. The molecule has 0 atom stereocenters. The van der Waals surface area contributed by atoms with Crippen LogP contribution < -0.4 is 4.90 Å². The van der Waals surface area contributed by atoms with Crippen molar-refractivity contribution in [2.24, 2.45) is 0 Å². The molecule has 0 N–H and O–H groups in total. The van der Waals surface area contributed by atoms with E-state index in [4.69, 9.17) is 0 Å². The van der Waals surface area contributed by atoms with Crippen molar-refractivity contribution in [3.8, 4) is 43.8 Å². The van der Waals surface area contributed by atoms with Crippen LogP contribution in [0.25, 0.3) is 64.7 Å². The molecule has 0 bridgehead atoms. The van der Waals surface area contributed by atoms with Gasteiger partial charge in [-0.1, -0.05) is 206 Å². The highest BCUT2D eigenvalue weighted by Crippen LogP contribution is 2.62. The number of hydrogen-bond donors (Lipinski definition) is 0. The van der Waals surface area contributed by atoms with Gasteiger partial charge in [-0.25, -0.2) is 0 Å². The zero-order chi connectivity index (χ0) is 41.7. The summed E-state index contributed by atoms with van der Waals surface area (Å²) in [4.78, 5) is 3.72. The van der Waals surface area contributed by atoms with Gasteiger partial charge in [0.1, 0.15) is 0 Å². The van der Waals surface area contributed by atoms with Crippen LogP contribution in [0.1, 0.15) is 22.3 Å². The molecular weight excluding hydrogens is 779 g/mol. The Morgan fingerprint density at radius 3 is 1.48 bits per heavy atom. The van der Waals surface area contributed by atoms with Crippen molar-refractivity contribution in [1.82, 2.24) is 0 Å². The Hall–Kier alpha value is -7.78. The zero-order valence-electron chi connectivity index (χ0n) is 34.5. The maximum absolute atomic E-state index is 2.37. The van der Waals surface area contributed by atoms with Crippen molar-refractivity contribution >= 4 is 49.3 Å². The van der Waals surface area contributed by atoms with Gasteiger partial charge < -0.3 is 4.90 Å². The number of hydrogen-bond acceptors (Lipinski definition) is 2. The standard InChI is InChI=1S/C61H41NS/c1-4-15-42(16-5-1)45-31-36-51(37-32-45)62(53-40-35-43-17-10-11-18-48(43)41-53)52-38-33-46(34-39-52)44-27-29-47(30-28-44)54-24-14-25-56-58(54)60-59(55-23-12-13-26-57(55)63-60)61(56,49-19-6-2-7-20-49)50-21-8-3-9-22-50/h1-41H. The van der Waals surface area contributed by atoms with Gasteiger partial charge in [0.05, 0.1) is 5.41 Å². The van der Waals surface area contributed by atoms with E-state index in [0.717, 1.165) is 17.1 Å². The molecule has 12 rings (SSSR count). The monoisotopic (exact) mass is 819 g/mol. The third-order valence-corrected chi connectivity index (χ3v) is 14.1. The van der Waals surface area contributed by atoms with Crippen LogP contribution in [0.3, 0.4) is 0 Å². The van der Waals surface area contributed by atoms with Crippen LogP contribution in [0.15, 0.2) is 249 Å². The van der Waals surface area contributed by atoms with E-state index < -0.39 is 5.41 Å². The second-order valence-corrected chi connectivity index (χ2v) is 17.5. The molecule has 0 saturated heterocycles. The molecule has 0 unspecified atom stereocenters. The van der Waals surface area contributed by atoms with Gasteiger partial charge in [0.25, 0.3) is 0 Å². The van der Waals surface area contributed by atoms with Crippen molar-refractivity contribution in [1.29, 1.82) is 0 Å². The van der Waals surface area contributed by atoms with Gasteiger partial charge in [-0.15, -0.1) is 11.3 Å². The number of benzene rings is 10. The summed E-state index contributed by atoms with van der Waals surface area (Å²) in [5, 5.41) is 3.78. The molecule has 0 spiro atoms. The van der Waals surface area contributed by atoms with Crippen LogP contribution in [-0.2, 0) is 5.41 Å². The van der Waals surface area contributed by atoms with Crippen LogP contribution in [0, 0.1) is 0 Å². The first-order valence-electron chi connectivity index (χ1n) is 21.7. The second kappa shape index (κ2) is 15.3. The quantitative estimate of drug-likeness (QED) is 0.148. The molecular formula is C61H41NS. The predicted octanol–water partition coefficient (Wildman–Crippen LogP) is 16.9. The molecule has 1 aromatic heterocycles. The Morgan fingerprint density at radius 2 is 0.841 bits per heavy atom. The lowest BCUT2D eigenvalue weighted by atomic mass is 9.67. The van der Waals surface area contributed by atoms with Crippen molar-refractivity contribution in [2.45, 2.75) is 5.41 Å². The minimum atomic E-state index is -0.449. The van der Waals surface area contributed by atoms with E-state index in [-0.39, 0.29) is 0 Å². The molecule has 10 aromatic carbocycles. The first-order valence-corrected chi connectivity index (χ1v) is 22.5. The molecule has 0 saturated carbocycles. The maximum atomic E-state index is 2.37. The predicted molar refractivity (Wildman–Crippen MR) is 268 cm³/mol. The van der Waals surface area contributed by atoms with Crippen molar-refractivity contribution in [3.05, 3.63) is 271 Å². The summed E-state index contributed by atoms with van der Waals surface area (Å²) in [5.74, 6) is 0. The fourth-order valence-corrected chi connectivity index (χ4v) is 11.4. The highest BCUT2D eigenvalue weighted by molar-refractivity contribution is 7.22. The lowest BCUT2D eigenvalue weighted by Crippen LogP contribution is -2.28. The van der Waals surface area contributed by atoms with Gasteiger partial charge in [0.15, 0.2) is 0 Å². The molecule has 11 aromatic rings. The highest BCUT2D eigenvalue weighted by Gasteiger charge is 2.49. The SMILES string of the molecule is c1ccc(-c2ccc(N(c3ccc(-c4ccc(-c5cccc6c5-c5sc7ccccc7c5C6(c5ccccc5)c5ccccc5)cc4)cc3)c3ccc4ccccc4c3)cc2)cc1. The normalized spacial score (nSPS) is 12.6. The maximum Gasteiger partial charge on any atom is 0.0728 e. The fourth-order valence-electron chi connectivity index (χ4n) is 10.1. The molecule has 296 valence electrons. The number of thiophene rings is 1. The Balaban J connectivity index is 0.932. The minimum Gasteiger partial charge on any atom is -0.310 e. The fraction of sp³-hybridized carbons (Fsp3) is 0.0164. The van der Waals surface area contributed by atoms with E-state index >= 15 is 0 Å².